The maximum Gasteiger partial charge on any atom is 0.414 e. The zero-order chi connectivity index (χ0) is 18.3. The van der Waals surface area contributed by atoms with Crippen LogP contribution < -0.4 is 4.90 Å². The van der Waals surface area contributed by atoms with Crippen molar-refractivity contribution in [3.8, 4) is 0 Å². The summed E-state index contributed by atoms with van der Waals surface area (Å²) in [6, 6.07) is 4.87. The molecule has 7 nitrogen and oxygen atoms in total. The number of anilines is 1. The van der Waals surface area contributed by atoms with Crippen molar-refractivity contribution in [1.82, 2.24) is 0 Å². The van der Waals surface area contributed by atoms with Gasteiger partial charge < -0.3 is 9.84 Å². The number of ether oxygens (including phenoxy) is 1. The van der Waals surface area contributed by atoms with Gasteiger partial charge in [-0.15, -0.1) is 0 Å². The molecule has 132 valence electrons. The molecule has 1 aliphatic heterocycles. The van der Waals surface area contributed by atoms with Crippen LogP contribution in [-0.4, -0.2) is 49.2 Å². The standard InChI is InChI=1S/C14H15BrClNO6S/c1-14(12(18)19,24(2,21)22)6-9-7-17(13(20)23-9)8-3-4-10(15)11(16)5-8/h3-5,9H,6-7H2,1-2H3,(H,18,19)/t9-,14?/m0/s1. The first-order valence-corrected chi connectivity index (χ1v) is 9.88. The Bertz CT molecular complexity index is 798. The van der Waals surface area contributed by atoms with Crippen molar-refractivity contribution >= 4 is 55.1 Å². The first kappa shape index (κ1) is 19.0. The number of hydrogen-bond acceptors (Lipinski definition) is 5. The number of hydrogen-bond donors (Lipinski definition) is 1. The molecule has 1 unspecified atom stereocenters. The van der Waals surface area contributed by atoms with E-state index in [4.69, 9.17) is 16.3 Å². The molecule has 0 aliphatic carbocycles. The summed E-state index contributed by atoms with van der Waals surface area (Å²) in [4.78, 5) is 24.7. The largest absolute Gasteiger partial charge is 0.480 e. The molecule has 1 fully saturated rings. The molecule has 1 saturated heterocycles. The van der Waals surface area contributed by atoms with Crippen molar-refractivity contribution in [2.75, 3.05) is 17.7 Å². The van der Waals surface area contributed by atoms with E-state index in [2.05, 4.69) is 15.9 Å². The number of amides is 1. The highest BCUT2D eigenvalue weighted by atomic mass is 79.9. The van der Waals surface area contributed by atoms with Gasteiger partial charge in [0, 0.05) is 22.8 Å². The van der Waals surface area contributed by atoms with Gasteiger partial charge in [0.2, 0.25) is 0 Å². The first-order valence-electron chi connectivity index (χ1n) is 6.82. The SMILES string of the molecule is CC(C[C@H]1CN(c2ccc(Br)c(Cl)c2)C(=O)O1)(C(=O)O)S(C)(=O)=O. The molecule has 1 N–H and O–H groups in total. The van der Waals surface area contributed by atoms with Crippen LogP contribution in [-0.2, 0) is 19.4 Å². The number of aliphatic carboxylic acids is 1. The lowest BCUT2D eigenvalue weighted by molar-refractivity contribution is -0.140. The normalized spacial score (nSPS) is 20.6. The molecule has 2 rings (SSSR count). The van der Waals surface area contributed by atoms with E-state index in [-0.39, 0.29) is 13.0 Å². The van der Waals surface area contributed by atoms with Crippen LogP contribution in [0, 0.1) is 0 Å². The summed E-state index contributed by atoms with van der Waals surface area (Å²) < 4.78 is 27.4. The summed E-state index contributed by atoms with van der Waals surface area (Å²) in [6.07, 6.45) is -1.03. The second kappa shape index (κ2) is 6.53. The molecular weight excluding hydrogens is 426 g/mol. The maximum absolute atomic E-state index is 12.0. The zero-order valence-corrected chi connectivity index (χ0v) is 16.0. The van der Waals surface area contributed by atoms with E-state index >= 15 is 0 Å². The number of carbonyl (C=O) groups excluding carboxylic acids is 1. The third kappa shape index (κ3) is 3.52. The Morgan fingerprint density at radius 2 is 2.17 bits per heavy atom. The Kier molecular flexibility index (Phi) is 5.17. The molecule has 1 aliphatic rings. The van der Waals surface area contributed by atoms with E-state index < -0.39 is 32.8 Å². The van der Waals surface area contributed by atoms with E-state index in [1.54, 1.807) is 18.2 Å². The summed E-state index contributed by atoms with van der Waals surface area (Å²) in [5, 5.41) is 9.69. The number of carboxylic acids is 1. The van der Waals surface area contributed by atoms with Crippen LogP contribution in [0.4, 0.5) is 10.5 Å². The number of benzene rings is 1. The van der Waals surface area contributed by atoms with Crippen molar-refractivity contribution in [2.24, 2.45) is 0 Å². The summed E-state index contributed by atoms with van der Waals surface area (Å²) in [7, 11) is -3.90. The smallest absolute Gasteiger partial charge is 0.414 e. The average Bonchev–Trinajstić information content (AvgIpc) is 2.81. The van der Waals surface area contributed by atoms with Gasteiger partial charge in [0.25, 0.3) is 0 Å². The second-order valence-electron chi connectivity index (χ2n) is 5.73. The molecule has 1 amide bonds. The van der Waals surface area contributed by atoms with Gasteiger partial charge >= 0.3 is 12.1 Å². The van der Waals surface area contributed by atoms with Gasteiger partial charge in [-0.25, -0.2) is 13.2 Å². The molecular formula is C14H15BrClNO6S. The highest BCUT2D eigenvalue weighted by Crippen LogP contribution is 2.32. The summed E-state index contributed by atoms with van der Waals surface area (Å²) >= 11 is 9.25. The fourth-order valence-electron chi connectivity index (χ4n) is 2.32. The van der Waals surface area contributed by atoms with Crippen molar-refractivity contribution in [3.63, 3.8) is 0 Å². The number of nitrogens with zero attached hydrogens (tertiary/aromatic N) is 1. The highest BCUT2D eigenvalue weighted by molar-refractivity contribution is 9.10. The molecule has 0 saturated carbocycles. The number of sulfone groups is 1. The third-order valence-corrected chi connectivity index (χ3v) is 7.19. The predicted molar refractivity (Wildman–Crippen MR) is 92.3 cm³/mol. The highest BCUT2D eigenvalue weighted by Gasteiger charge is 2.48. The molecule has 1 aromatic rings. The van der Waals surface area contributed by atoms with Gasteiger partial charge in [0.05, 0.1) is 11.6 Å². The van der Waals surface area contributed by atoms with Gasteiger partial charge in [-0.1, -0.05) is 11.6 Å². The first-order chi connectivity index (χ1) is 11.0. The van der Waals surface area contributed by atoms with Crippen LogP contribution in [0.3, 0.4) is 0 Å². The Morgan fingerprint density at radius 3 is 2.67 bits per heavy atom. The van der Waals surface area contributed by atoms with Gasteiger partial charge in [-0.3, -0.25) is 9.69 Å². The second-order valence-corrected chi connectivity index (χ2v) is 9.43. The quantitative estimate of drug-likeness (QED) is 0.755. The minimum Gasteiger partial charge on any atom is -0.480 e. The number of cyclic esters (lactones) is 1. The van der Waals surface area contributed by atoms with Crippen molar-refractivity contribution in [1.29, 1.82) is 0 Å². The van der Waals surface area contributed by atoms with E-state index in [0.29, 0.717) is 15.2 Å². The van der Waals surface area contributed by atoms with Crippen LogP contribution in [0.1, 0.15) is 13.3 Å². The lowest BCUT2D eigenvalue weighted by Crippen LogP contribution is -2.46. The van der Waals surface area contributed by atoms with E-state index in [0.717, 1.165) is 13.2 Å². The van der Waals surface area contributed by atoms with Crippen molar-refractivity contribution in [2.45, 2.75) is 24.2 Å². The van der Waals surface area contributed by atoms with Crippen molar-refractivity contribution < 1.29 is 27.9 Å². The van der Waals surface area contributed by atoms with Crippen LogP contribution >= 0.6 is 27.5 Å². The number of carbonyl (C=O) groups is 2. The Hall–Kier alpha value is -1.32. The molecule has 0 radical (unpaired) electrons. The van der Waals surface area contributed by atoms with Crippen LogP contribution in [0.2, 0.25) is 5.02 Å². The Labute approximate surface area is 152 Å². The summed E-state index contributed by atoms with van der Waals surface area (Å²) in [6.45, 7) is 1.15. The van der Waals surface area contributed by atoms with Crippen LogP contribution in [0.25, 0.3) is 0 Å². The minimum absolute atomic E-state index is 0.0369. The fraction of sp³-hybridized carbons (Fsp3) is 0.429. The number of carboxylic acid groups (broad SMARTS) is 1. The maximum atomic E-state index is 12.0. The van der Waals surface area contributed by atoms with Gasteiger partial charge in [0.1, 0.15) is 6.10 Å². The Morgan fingerprint density at radius 1 is 1.54 bits per heavy atom. The monoisotopic (exact) mass is 439 g/mol. The fourth-order valence-corrected chi connectivity index (χ4v) is 3.55. The lowest BCUT2D eigenvalue weighted by atomic mass is 10.0. The van der Waals surface area contributed by atoms with E-state index in [9.17, 15) is 23.1 Å². The molecule has 0 aromatic heterocycles. The molecule has 0 bridgehead atoms. The predicted octanol–water partition coefficient (Wildman–Crippen LogP) is 2.71. The van der Waals surface area contributed by atoms with Crippen LogP contribution in [0.15, 0.2) is 22.7 Å². The zero-order valence-electron chi connectivity index (χ0n) is 12.8. The van der Waals surface area contributed by atoms with Gasteiger partial charge in [-0.05, 0) is 41.1 Å². The van der Waals surface area contributed by atoms with E-state index in [1.807, 2.05) is 0 Å². The molecule has 24 heavy (non-hydrogen) atoms. The lowest BCUT2D eigenvalue weighted by Gasteiger charge is -2.24. The minimum atomic E-state index is -3.90. The molecule has 0 spiro atoms. The molecule has 1 aromatic carbocycles. The van der Waals surface area contributed by atoms with Gasteiger partial charge in [-0.2, -0.15) is 0 Å². The average molecular weight is 441 g/mol. The van der Waals surface area contributed by atoms with E-state index in [1.165, 1.54) is 4.90 Å². The molecule has 10 heteroatoms. The summed E-state index contributed by atoms with van der Waals surface area (Å²) in [5.41, 5.74) is 0.479. The topological polar surface area (TPSA) is 101 Å². The number of halogens is 2. The van der Waals surface area contributed by atoms with Crippen LogP contribution in [0.5, 0.6) is 0 Å². The molecule has 1 heterocycles. The number of rotatable bonds is 5. The summed E-state index contributed by atoms with van der Waals surface area (Å²) in [5.74, 6) is -1.48. The Balaban J connectivity index is 2.23. The van der Waals surface area contributed by atoms with Crippen molar-refractivity contribution in [3.05, 3.63) is 27.7 Å². The van der Waals surface area contributed by atoms with Gasteiger partial charge in [0.15, 0.2) is 14.6 Å². The molecule has 2 atom stereocenters. The third-order valence-electron chi connectivity index (χ3n) is 3.98.